The first-order valence-electron chi connectivity index (χ1n) is 5.45. The molecule has 104 valence electrons. The zero-order chi connectivity index (χ0) is 14.0. The van der Waals surface area contributed by atoms with E-state index in [0.29, 0.717) is 23.3 Å². The van der Waals surface area contributed by atoms with Crippen LogP contribution in [0.5, 0.6) is 5.75 Å². The van der Waals surface area contributed by atoms with Gasteiger partial charge in [-0.25, -0.2) is 13.2 Å². The molecule has 1 unspecified atom stereocenters. The Balaban J connectivity index is 2.22. The van der Waals surface area contributed by atoms with Crippen LogP contribution in [0, 0.1) is 0 Å². The molecule has 1 fully saturated rings. The van der Waals surface area contributed by atoms with Crippen molar-refractivity contribution in [1.82, 2.24) is 0 Å². The fraction of sp³-hybridized carbons (Fsp3) is 0.364. The van der Waals surface area contributed by atoms with Gasteiger partial charge in [0.25, 0.3) is 0 Å². The van der Waals surface area contributed by atoms with Gasteiger partial charge in [-0.05, 0) is 12.1 Å². The van der Waals surface area contributed by atoms with Crippen LogP contribution in [-0.2, 0) is 14.8 Å². The molecule has 1 aliphatic rings. The summed E-state index contributed by atoms with van der Waals surface area (Å²) >= 11 is 0. The number of epoxide rings is 1. The van der Waals surface area contributed by atoms with Gasteiger partial charge in [-0.15, -0.1) is 0 Å². The molecular formula is C11H13NO6S. The Bertz CT molecular complexity index is 581. The monoisotopic (exact) mass is 287 g/mol. The Hall–Kier alpha value is -1.80. The van der Waals surface area contributed by atoms with Crippen molar-refractivity contribution in [2.45, 2.75) is 6.10 Å². The molecule has 1 heterocycles. The Morgan fingerprint density at radius 3 is 2.79 bits per heavy atom. The summed E-state index contributed by atoms with van der Waals surface area (Å²) in [6.45, 7) is 1.000. The summed E-state index contributed by atoms with van der Waals surface area (Å²) in [4.78, 5) is 11.0. The van der Waals surface area contributed by atoms with E-state index in [9.17, 15) is 13.2 Å². The van der Waals surface area contributed by atoms with Crippen LogP contribution in [0.1, 0.15) is 0 Å². The minimum absolute atomic E-state index is 0.0178. The Morgan fingerprint density at radius 2 is 2.26 bits per heavy atom. The maximum atomic E-state index is 11.4. The van der Waals surface area contributed by atoms with E-state index >= 15 is 0 Å². The fourth-order valence-electron chi connectivity index (χ4n) is 1.50. The molecule has 1 saturated heterocycles. The summed E-state index contributed by atoms with van der Waals surface area (Å²) in [5, 5.41) is 8.97. The van der Waals surface area contributed by atoms with Gasteiger partial charge in [-0.2, -0.15) is 4.31 Å². The highest BCUT2D eigenvalue weighted by Gasteiger charge is 2.26. The van der Waals surface area contributed by atoms with E-state index in [2.05, 4.69) is 0 Å². The van der Waals surface area contributed by atoms with Gasteiger partial charge in [-0.1, -0.05) is 6.07 Å². The lowest BCUT2D eigenvalue weighted by molar-refractivity contribution is 0.206. The quantitative estimate of drug-likeness (QED) is 0.808. The maximum absolute atomic E-state index is 11.4. The lowest BCUT2D eigenvalue weighted by Gasteiger charge is -2.17. The minimum atomic E-state index is -3.90. The Labute approximate surface area is 110 Å². The number of rotatable bonds is 5. The van der Waals surface area contributed by atoms with Gasteiger partial charge in [0, 0.05) is 6.07 Å². The molecule has 1 amide bonds. The third kappa shape index (κ3) is 3.58. The highest BCUT2D eigenvalue weighted by Crippen LogP contribution is 2.24. The SMILES string of the molecule is CS(=O)(=O)N(C(=O)O)c1cccc(OCC2CO2)c1. The zero-order valence-electron chi connectivity index (χ0n) is 10.1. The van der Waals surface area contributed by atoms with Crippen LogP contribution in [0.3, 0.4) is 0 Å². The highest BCUT2D eigenvalue weighted by atomic mass is 32.2. The molecule has 0 saturated carbocycles. The zero-order valence-corrected chi connectivity index (χ0v) is 11.0. The highest BCUT2D eigenvalue weighted by molar-refractivity contribution is 7.92. The van der Waals surface area contributed by atoms with Crippen molar-refractivity contribution < 1.29 is 27.8 Å². The van der Waals surface area contributed by atoms with Crippen LogP contribution in [-0.4, -0.2) is 45.2 Å². The third-order valence-electron chi connectivity index (χ3n) is 2.40. The number of nitrogens with zero attached hydrogens (tertiary/aromatic N) is 1. The van der Waals surface area contributed by atoms with E-state index < -0.39 is 16.1 Å². The van der Waals surface area contributed by atoms with Gasteiger partial charge in [0.2, 0.25) is 10.0 Å². The summed E-state index contributed by atoms with van der Waals surface area (Å²) in [7, 11) is -3.90. The number of benzene rings is 1. The number of anilines is 1. The lowest BCUT2D eigenvalue weighted by Crippen LogP contribution is -2.34. The second-order valence-electron chi connectivity index (χ2n) is 4.07. The van der Waals surface area contributed by atoms with Crippen molar-refractivity contribution in [2.75, 3.05) is 23.8 Å². The van der Waals surface area contributed by atoms with Crippen LogP contribution in [0.25, 0.3) is 0 Å². The van der Waals surface area contributed by atoms with Crippen LogP contribution >= 0.6 is 0 Å². The smallest absolute Gasteiger partial charge is 0.425 e. The van der Waals surface area contributed by atoms with E-state index in [1.165, 1.54) is 18.2 Å². The summed E-state index contributed by atoms with van der Waals surface area (Å²) in [5.74, 6) is 0.392. The summed E-state index contributed by atoms with van der Waals surface area (Å²) < 4.78 is 33.5. The van der Waals surface area contributed by atoms with Crippen molar-refractivity contribution in [3.05, 3.63) is 24.3 Å². The van der Waals surface area contributed by atoms with Crippen molar-refractivity contribution in [3.63, 3.8) is 0 Å². The fourth-order valence-corrected chi connectivity index (χ4v) is 2.28. The molecule has 0 spiro atoms. The lowest BCUT2D eigenvalue weighted by atomic mass is 10.3. The maximum Gasteiger partial charge on any atom is 0.425 e. The number of sulfonamides is 1. The topological polar surface area (TPSA) is 96.4 Å². The number of carboxylic acid groups (broad SMARTS) is 1. The summed E-state index contributed by atoms with van der Waals surface area (Å²) in [5.41, 5.74) is 0.0178. The predicted octanol–water partition coefficient (Wildman–Crippen LogP) is 0.908. The molecule has 1 atom stereocenters. The van der Waals surface area contributed by atoms with Gasteiger partial charge in [-0.3, -0.25) is 0 Å². The van der Waals surface area contributed by atoms with Crippen molar-refractivity contribution in [1.29, 1.82) is 0 Å². The normalized spacial score (nSPS) is 17.8. The van der Waals surface area contributed by atoms with E-state index in [0.717, 1.165) is 6.26 Å². The molecule has 1 aromatic rings. The minimum Gasteiger partial charge on any atom is -0.491 e. The number of carbonyl (C=O) groups is 1. The molecule has 19 heavy (non-hydrogen) atoms. The molecular weight excluding hydrogens is 274 g/mol. The van der Waals surface area contributed by atoms with Crippen molar-refractivity contribution in [2.24, 2.45) is 0 Å². The molecule has 1 aliphatic heterocycles. The molecule has 8 heteroatoms. The predicted molar refractivity (Wildman–Crippen MR) is 67.0 cm³/mol. The number of hydrogen-bond acceptors (Lipinski definition) is 5. The first-order valence-corrected chi connectivity index (χ1v) is 7.30. The average molecular weight is 287 g/mol. The third-order valence-corrected chi connectivity index (χ3v) is 3.43. The largest absolute Gasteiger partial charge is 0.491 e. The van der Waals surface area contributed by atoms with Crippen molar-refractivity contribution >= 4 is 21.8 Å². The standard InChI is InChI=1S/C11H13NO6S/c1-19(15,16)12(11(13)14)8-3-2-4-9(5-8)17-6-10-7-18-10/h2-5,10H,6-7H2,1H3,(H,13,14). The number of hydrogen-bond donors (Lipinski definition) is 1. The van der Waals surface area contributed by atoms with E-state index in [1.54, 1.807) is 6.07 Å². The first kappa shape index (κ1) is 13.6. The second kappa shape index (κ2) is 5.06. The Morgan fingerprint density at radius 1 is 1.58 bits per heavy atom. The van der Waals surface area contributed by atoms with Gasteiger partial charge in [0.1, 0.15) is 18.5 Å². The summed E-state index contributed by atoms with van der Waals surface area (Å²) in [6.07, 6.45) is -0.675. The number of ether oxygens (including phenoxy) is 2. The summed E-state index contributed by atoms with van der Waals surface area (Å²) in [6, 6.07) is 5.89. The molecule has 0 bridgehead atoms. The van der Waals surface area contributed by atoms with E-state index in [4.69, 9.17) is 14.6 Å². The first-order chi connectivity index (χ1) is 8.88. The van der Waals surface area contributed by atoms with Crippen LogP contribution in [0.15, 0.2) is 24.3 Å². The van der Waals surface area contributed by atoms with Gasteiger partial charge < -0.3 is 14.6 Å². The molecule has 1 N–H and O–H groups in total. The Kier molecular flexibility index (Phi) is 3.63. The van der Waals surface area contributed by atoms with Crippen LogP contribution in [0.2, 0.25) is 0 Å². The van der Waals surface area contributed by atoms with Gasteiger partial charge in [0.15, 0.2) is 0 Å². The second-order valence-corrected chi connectivity index (χ2v) is 5.90. The average Bonchev–Trinajstić information content (AvgIpc) is 3.08. The van der Waals surface area contributed by atoms with Gasteiger partial charge in [0.05, 0.1) is 18.6 Å². The number of amides is 1. The molecule has 7 nitrogen and oxygen atoms in total. The molecule has 1 aromatic carbocycles. The van der Waals surface area contributed by atoms with Gasteiger partial charge >= 0.3 is 6.09 Å². The molecule has 0 aliphatic carbocycles. The molecule has 0 aromatic heterocycles. The van der Waals surface area contributed by atoms with Crippen LogP contribution < -0.4 is 9.04 Å². The van der Waals surface area contributed by atoms with E-state index in [1.807, 2.05) is 0 Å². The molecule has 2 rings (SSSR count). The molecule has 0 radical (unpaired) electrons. The van der Waals surface area contributed by atoms with Crippen molar-refractivity contribution in [3.8, 4) is 5.75 Å². The van der Waals surface area contributed by atoms with E-state index in [-0.39, 0.29) is 11.8 Å². The van der Waals surface area contributed by atoms with Crippen LogP contribution in [0.4, 0.5) is 10.5 Å².